The van der Waals surface area contributed by atoms with Crippen molar-refractivity contribution in [2.24, 2.45) is 0 Å². The van der Waals surface area contributed by atoms with Gasteiger partial charge < -0.3 is 5.11 Å². The lowest BCUT2D eigenvalue weighted by molar-refractivity contribution is 0.477. The van der Waals surface area contributed by atoms with Crippen LogP contribution in [0.5, 0.6) is 5.75 Å². The molecule has 4 heteroatoms. The maximum atomic E-state index is 10.6. The summed E-state index contributed by atoms with van der Waals surface area (Å²) in [6, 6.07) is 41.0. The third-order valence-corrected chi connectivity index (χ3v) is 8.07. The van der Waals surface area contributed by atoms with Crippen molar-refractivity contribution in [1.82, 2.24) is 9.97 Å². The fraction of sp³-hybridized carbons (Fsp3) is 0.150. The Morgan fingerprint density at radius 2 is 1.32 bits per heavy atom. The molecule has 0 aliphatic carbocycles. The van der Waals surface area contributed by atoms with E-state index in [0.29, 0.717) is 0 Å². The first-order chi connectivity index (χ1) is 21.2. The first kappa shape index (κ1) is 28.9. The van der Waals surface area contributed by atoms with Crippen LogP contribution in [-0.4, -0.2) is 15.1 Å². The number of pyridine rings is 2. The summed E-state index contributed by atoms with van der Waals surface area (Å²) in [5.74, 6) is 1.03. The van der Waals surface area contributed by atoms with E-state index in [4.69, 9.17) is 9.97 Å². The Bertz CT molecular complexity index is 1920. The molecule has 0 aliphatic rings. The van der Waals surface area contributed by atoms with Gasteiger partial charge in [-0.2, -0.15) is 0 Å². The molecule has 1 N–H and O–H groups in total. The molecule has 0 spiro atoms. The second-order valence-corrected chi connectivity index (χ2v) is 12.3. The third-order valence-electron chi connectivity index (χ3n) is 8.07. The number of rotatable bonds is 6. The van der Waals surface area contributed by atoms with Gasteiger partial charge >= 0.3 is 0 Å². The van der Waals surface area contributed by atoms with E-state index in [0.717, 1.165) is 45.3 Å². The highest BCUT2D eigenvalue weighted by atomic mass is 16.3. The standard InChI is InChI=1S/C40H37N3O/c1-27-11-8-12-28(2)39(27)30-23-24-41-36(26-30)35-16-10-18-38(42-35)43(32-21-19-31(20-22-32)40(3,4)5)33-14-9-13-29(25-33)34-15-6-7-17-37(34)44/h6-26,44H,1-5H3. The lowest BCUT2D eigenvalue weighted by atomic mass is 9.87. The Morgan fingerprint density at radius 3 is 2.05 bits per heavy atom. The number of aromatic hydroxyl groups is 1. The van der Waals surface area contributed by atoms with Gasteiger partial charge in [0, 0.05) is 23.1 Å². The molecule has 0 unspecified atom stereocenters. The summed E-state index contributed by atoms with van der Waals surface area (Å²) >= 11 is 0. The largest absolute Gasteiger partial charge is 0.507 e. The summed E-state index contributed by atoms with van der Waals surface area (Å²) in [4.78, 5) is 12.1. The van der Waals surface area contributed by atoms with Crippen molar-refractivity contribution in [1.29, 1.82) is 0 Å². The second-order valence-electron chi connectivity index (χ2n) is 12.3. The predicted molar refractivity (Wildman–Crippen MR) is 183 cm³/mol. The Hall–Kier alpha value is -5.22. The number of hydrogen-bond acceptors (Lipinski definition) is 4. The van der Waals surface area contributed by atoms with Gasteiger partial charge in [0.2, 0.25) is 0 Å². The second kappa shape index (κ2) is 11.8. The first-order valence-corrected chi connectivity index (χ1v) is 15.0. The van der Waals surface area contributed by atoms with E-state index >= 15 is 0 Å². The van der Waals surface area contributed by atoms with Crippen molar-refractivity contribution < 1.29 is 5.11 Å². The van der Waals surface area contributed by atoms with Crippen LogP contribution in [0.25, 0.3) is 33.6 Å². The van der Waals surface area contributed by atoms with Gasteiger partial charge in [-0.05, 0) is 107 Å². The van der Waals surface area contributed by atoms with Gasteiger partial charge in [-0.25, -0.2) is 4.98 Å². The van der Waals surface area contributed by atoms with Crippen LogP contribution in [0.15, 0.2) is 128 Å². The molecule has 218 valence electrons. The van der Waals surface area contributed by atoms with Gasteiger partial charge in [0.25, 0.3) is 0 Å². The van der Waals surface area contributed by atoms with Crippen molar-refractivity contribution in [2.45, 2.75) is 40.0 Å². The molecule has 0 bridgehead atoms. The molecular weight excluding hydrogens is 538 g/mol. The minimum Gasteiger partial charge on any atom is -0.507 e. The van der Waals surface area contributed by atoms with Crippen LogP contribution in [0.2, 0.25) is 0 Å². The van der Waals surface area contributed by atoms with Crippen LogP contribution in [0, 0.1) is 13.8 Å². The number of aryl methyl sites for hydroxylation is 2. The molecule has 4 aromatic carbocycles. The van der Waals surface area contributed by atoms with E-state index in [-0.39, 0.29) is 11.2 Å². The maximum absolute atomic E-state index is 10.6. The summed E-state index contributed by atoms with van der Waals surface area (Å²) in [6.07, 6.45) is 1.86. The first-order valence-electron chi connectivity index (χ1n) is 15.0. The zero-order valence-corrected chi connectivity index (χ0v) is 25.9. The van der Waals surface area contributed by atoms with Crippen molar-refractivity contribution in [3.63, 3.8) is 0 Å². The molecule has 0 radical (unpaired) electrons. The third kappa shape index (κ3) is 5.84. The van der Waals surface area contributed by atoms with E-state index in [1.54, 1.807) is 6.07 Å². The molecule has 4 nitrogen and oxygen atoms in total. The van der Waals surface area contributed by atoms with Gasteiger partial charge in [-0.1, -0.05) is 87.5 Å². The fourth-order valence-corrected chi connectivity index (χ4v) is 5.74. The lowest BCUT2D eigenvalue weighted by Crippen LogP contribution is -2.14. The normalized spacial score (nSPS) is 11.4. The van der Waals surface area contributed by atoms with Crippen LogP contribution >= 0.6 is 0 Å². The Balaban J connectivity index is 1.47. The van der Waals surface area contributed by atoms with Crippen LogP contribution < -0.4 is 4.90 Å². The van der Waals surface area contributed by atoms with Crippen molar-refractivity contribution in [2.75, 3.05) is 4.90 Å². The van der Waals surface area contributed by atoms with E-state index in [1.807, 2.05) is 54.7 Å². The minimum absolute atomic E-state index is 0.0401. The smallest absolute Gasteiger partial charge is 0.138 e. The van der Waals surface area contributed by atoms with Gasteiger partial charge in [-0.3, -0.25) is 9.88 Å². The fourth-order valence-electron chi connectivity index (χ4n) is 5.74. The van der Waals surface area contributed by atoms with Crippen LogP contribution in [0.1, 0.15) is 37.5 Å². The van der Waals surface area contributed by atoms with Gasteiger partial charge in [-0.15, -0.1) is 0 Å². The summed E-state index contributed by atoms with van der Waals surface area (Å²) in [5, 5.41) is 10.6. The van der Waals surface area contributed by atoms with Crippen molar-refractivity contribution in [3.05, 3.63) is 144 Å². The number of anilines is 3. The Labute approximate surface area is 260 Å². The molecular formula is C40H37N3O. The summed E-state index contributed by atoms with van der Waals surface area (Å²) in [5.41, 5.74) is 11.4. The van der Waals surface area contributed by atoms with Crippen LogP contribution in [-0.2, 0) is 5.41 Å². The SMILES string of the molecule is Cc1cccc(C)c1-c1ccnc(-c2cccc(N(c3ccc(C(C)(C)C)cc3)c3cccc(-c4ccccc4O)c3)n2)c1. The number of hydrogen-bond donors (Lipinski definition) is 1. The monoisotopic (exact) mass is 575 g/mol. The highest BCUT2D eigenvalue weighted by Gasteiger charge is 2.19. The Morgan fingerprint density at radius 1 is 0.614 bits per heavy atom. The highest BCUT2D eigenvalue weighted by molar-refractivity contribution is 5.81. The lowest BCUT2D eigenvalue weighted by Gasteiger charge is -2.27. The van der Waals surface area contributed by atoms with E-state index in [1.165, 1.54) is 22.3 Å². The topological polar surface area (TPSA) is 49.2 Å². The Kier molecular flexibility index (Phi) is 7.75. The number of phenols is 1. The van der Waals surface area contributed by atoms with Crippen LogP contribution in [0.3, 0.4) is 0 Å². The van der Waals surface area contributed by atoms with Crippen molar-refractivity contribution in [3.8, 4) is 39.4 Å². The molecule has 0 saturated carbocycles. The number of phenolic OH excluding ortho intramolecular Hbond substituents is 1. The molecule has 0 saturated heterocycles. The van der Waals surface area contributed by atoms with E-state index < -0.39 is 0 Å². The molecule has 0 fully saturated rings. The van der Waals surface area contributed by atoms with Gasteiger partial charge in [0.15, 0.2) is 0 Å². The predicted octanol–water partition coefficient (Wildman–Crippen LogP) is 10.6. The molecule has 44 heavy (non-hydrogen) atoms. The average molecular weight is 576 g/mol. The molecule has 2 heterocycles. The number of nitrogens with zero attached hydrogens (tertiary/aromatic N) is 3. The van der Waals surface area contributed by atoms with E-state index in [2.05, 4.69) is 106 Å². The zero-order chi connectivity index (χ0) is 30.8. The average Bonchev–Trinajstić information content (AvgIpc) is 3.02. The molecule has 0 atom stereocenters. The number of para-hydroxylation sites is 1. The molecule has 2 aromatic heterocycles. The molecule has 6 aromatic rings. The summed E-state index contributed by atoms with van der Waals surface area (Å²) < 4.78 is 0. The summed E-state index contributed by atoms with van der Waals surface area (Å²) in [7, 11) is 0. The number of aromatic nitrogens is 2. The van der Waals surface area contributed by atoms with E-state index in [9.17, 15) is 5.11 Å². The highest BCUT2D eigenvalue weighted by Crippen LogP contribution is 2.39. The maximum Gasteiger partial charge on any atom is 0.138 e. The zero-order valence-electron chi connectivity index (χ0n) is 25.9. The van der Waals surface area contributed by atoms with Crippen LogP contribution in [0.4, 0.5) is 17.2 Å². The molecule has 0 amide bonds. The van der Waals surface area contributed by atoms with Gasteiger partial charge in [0.05, 0.1) is 11.4 Å². The summed E-state index contributed by atoms with van der Waals surface area (Å²) in [6.45, 7) is 11.0. The van der Waals surface area contributed by atoms with Gasteiger partial charge in [0.1, 0.15) is 11.6 Å². The quantitative estimate of drug-likeness (QED) is 0.215. The molecule has 0 aliphatic heterocycles. The molecule has 6 rings (SSSR count). The van der Waals surface area contributed by atoms with Crippen molar-refractivity contribution >= 4 is 17.2 Å². The number of benzene rings is 4. The minimum atomic E-state index is 0.0401.